The minimum absolute atomic E-state index is 0. The van der Waals surface area contributed by atoms with E-state index >= 15 is 0 Å². The largest absolute Gasteiger partial charge is 1.00 e. The molecule has 0 fully saturated rings. The summed E-state index contributed by atoms with van der Waals surface area (Å²) in [5.41, 5.74) is 17.4. The molecule has 44 heavy (non-hydrogen) atoms. The summed E-state index contributed by atoms with van der Waals surface area (Å²) in [4.78, 5) is 0. The molecule has 4 aromatic carbocycles. The Morgan fingerprint density at radius 3 is 2.05 bits per heavy atom. The van der Waals surface area contributed by atoms with Gasteiger partial charge in [0.25, 0.3) is 0 Å². The van der Waals surface area contributed by atoms with Crippen LogP contribution in [-0.2, 0) is 12.8 Å². The van der Waals surface area contributed by atoms with E-state index in [0.29, 0.717) is 0 Å². The summed E-state index contributed by atoms with van der Waals surface area (Å²) in [6, 6.07) is 25.6. The zero-order valence-corrected chi connectivity index (χ0v) is 27.9. The molecule has 218 valence electrons. The predicted octanol–water partition coefficient (Wildman–Crippen LogP) is 7.60. The third kappa shape index (κ3) is 4.58. The van der Waals surface area contributed by atoms with Crippen molar-refractivity contribution in [3.8, 4) is 22.4 Å². The molecule has 0 saturated carbocycles. The smallest absolute Gasteiger partial charge is 0.341 e. The van der Waals surface area contributed by atoms with Crippen molar-refractivity contribution in [1.82, 2.24) is 4.40 Å². The van der Waals surface area contributed by atoms with Crippen LogP contribution in [-0.4, -0.2) is 4.40 Å². The summed E-state index contributed by atoms with van der Waals surface area (Å²) in [5.74, 6) is 0. The molecule has 7 rings (SSSR count). The average molecular weight is 571 g/mol. The molecule has 0 aliphatic heterocycles. The van der Waals surface area contributed by atoms with E-state index in [9.17, 15) is 0 Å². The van der Waals surface area contributed by atoms with Gasteiger partial charge in [-0.15, -0.1) is 5.39 Å². The van der Waals surface area contributed by atoms with Gasteiger partial charge in [-0.2, -0.15) is 11.6 Å². The van der Waals surface area contributed by atoms with E-state index in [1.807, 2.05) is 0 Å². The molecule has 2 nitrogen and oxygen atoms in total. The zero-order valence-electron chi connectivity index (χ0n) is 27.9. The van der Waals surface area contributed by atoms with Crippen LogP contribution in [0.25, 0.3) is 55.1 Å². The van der Waals surface area contributed by atoms with Crippen LogP contribution in [0.5, 0.6) is 0 Å². The molecule has 3 heteroatoms. The van der Waals surface area contributed by atoms with Gasteiger partial charge in [0.15, 0.2) is 5.65 Å². The second kappa shape index (κ2) is 11.7. The van der Waals surface area contributed by atoms with Crippen LogP contribution in [0.3, 0.4) is 0 Å². The molecule has 0 radical (unpaired) electrons. The fourth-order valence-corrected chi connectivity index (χ4v) is 7.85. The number of imidazole rings is 1. The maximum atomic E-state index is 2.59. The first-order valence-electron chi connectivity index (χ1n) is 16.2. The number of hydrogen-bond acceptors (Lipinski definition) is 0. The van der Waals surface area contributed by atoms with Gasteiger partial charge in [0, 0.05) is 10.9 Å². The third-order valence-electron chi connectivity index (χ3n) is 9.94. The van der Waals surface area contributed by atoms with Gasteiger partial charge in [0.05, 0.1) is 6.20 Å². The van der Waals surface area contributed by atoms with Crippen LogP contribution >= 0.6 is 0 Å². The van der Waals surface area contributed by atoms with E-state index in [0.717, 1.165) is 12.8 Å². The molecule has 0 amide bonds. The Kier molecular flexibility index (Phi) is 8.12. The molecule has 0 aliphatic carbocycles. The molecule has 0 N–H and O–H groups in total. The van der Waals surface area contributed by atoms with E-state index in [-0.39, 0.29) is 18.9 Å². The molecular formula is C41H43LiN2. The minimum Gasteiger partial charge on any atom is -0.341 e. The van der Waals surface area contributed by atoms with Crippen molar-refractivity contribution in [3.05, 3.63) is 112 Å². The Balaban J connectivity index is 0.00000343. The molecule has 0 unspecified atom stereocenters. The molecule has 0 saturated heterocycles. The topological polar surface area (TPSA) is 8.51 Å². The number of pyridine rings is 2. The molecule has 7 aromatic rings. The van der Waals surface area contributed by atoms with E-state index in [1.54, 1.807) is 0 Å². The number of fused-ring (bicyclic) bond motifs is 3. The molecule has 0 bridgehead atoms. The maximum absolute atomic E-state index is 2.59. The molecular weight excluding hydrogens is 527 g/mol. The van der Waals surface area contributed by atoms with Gasteiger partial charge < -0.3 is 4.40 Å². The first-order valence-corrected chi connectivity index (χ1v) is 16.2. The second-order valence-corrected chi connectivity index (χ2v) is 12.7. The first kappa shape index (κ1) is 30.5. The Morgan fingerprint density at radius 1 is 0.750 bits per heavy atom. The summed E-state index contributed by atoms with van der Waals surface area (Å²) >= 11 is 0. The van der Waals surface area contributed by atoms with Crippen LogP contribution in [0.1, 0.15) is 72.2 Å². The molecule has 3 aromatic heterocycles. The fourth-order valence-electron chi connectivity index (χ4n) is 7.85. The summed E-state index contributed by atoms with van der Waals surface area (Å²) in [7, 11) is 0. The summed E-state index contributed by atoms with van der Waals surface area (Å²) in [6.07, 6.45) is 8.28. The van der Waals surface area contributed by atoms with Crippen LogP contribution in [0.4, 0.5) is 0 Å². The van der Waals surface area contributed by atoms with Crippen molar-refractivity contribution in [2.75, 3.05) is 0 Å². The van der Waals surface area contributed by atoms with Crippen molar-refractivity contribution < 1.29 is 23.3 Å². The Bertz CT molecular complexity index is 2140. The average Bonchev–Trinajstić information content (AvgIpc) is 3.38. The standard InChI is InChI=1S/C41H43N2.Li/c1-8-10-11-18-30-19-20-33-35-23-31(38-25(3)14-12-15-26(38)4)22-34-32(9-2)29(7)42-24-37(39-27(5)16-13-17-28(39)6)43(36(33)21-30)41(42)40(34)35;/h12-17,19-24H,8-11,18H2,1-7H3;/q-1;+1. The van der Waals surface area contributed by atoms with Gasteiger partial charge in [-0.3, -0.25) is 0 Å². The van der Waals surface area contributed by atoms with E-state index < -0.39 is 0 Å². The van der Waals surface area contributed by atoms with Gasteiger partial charge in [0.2, 0.25) is 0 Å². The second-order valence-electron chi connectivity index (χ2n) is 12.7. The zero-order chi connectivity index (χ0) is 30.0. The quantitative estimate of drug-likeness (QED) is 0.0466. The number of benzene rings is 4. The number of hydrogen-bond donors (Lipinski definition) is 0. The first-order chi connectivity index (χ1) is 20.8. The summed E-state index contributed by atoms with van der Waals surface area (Å²) in [6.45, 7) is 15.9. The number of aromatic nitrogens is 2. The van der Waals surface area contributed by atoms with Crippen molar-refractivity contribution in [2.45, 2.75) is 80.6 Å². The van der Waals surface area contributed by atoms with Gasteiger partial charge >= 0.3 is 18.9 Å². The number of nitrogens with zero attached hydrogens (tertiary/aromatic N) is 2. The molecule has 0 atom stereocenters. The van der Waals surface area contributed by atoms with Gasteiger partial charge in [0.1, 0.15) is 11.2 Å². The maximum Gasteiger partial charge on any atom is 1.00 e. The molecule has 0 spiro atoms. The van der Waals surface area contributed by atoms with Gasteiger partial charge in [-0.05, 0) is 85.7 Å². The monoisotopic (exact) mass is 570 g/mol. The Morgan fingerprint density at radius 2 is 1.41 bits per heavy atom. The number of unbranched alkanes of at least 4 members (excludes halogenated alkanes) is 2. The van der Waals surface area contributed by atoms with Crippen LogP contribution < -0.4 is 23.3 Å². The summed E-state index contributed by atoms with van der Waals surface area (Å²) < 4.78 is 5.09. The number of rotatable bonds is 7. The van der Waals surface area contributed by atoms with Gasteiger partial charge in [-0.1, -0.05) is 106 Å². The van der Waals surface area contributed by atoms with Gasteiger partial charge in [-0.25, -0.2) is 9.79 Å². The third-order valence-corrected chi connectivity index (χ3v) is 9.94. The molecule has 3 heterocycles. The van der Waals surface area contributed by atoms with Crippen LogP contribution in [0.15, 0.2) is 72.9 Å². The summed E-state index contributed by atoms with van der Waals surface area (Å²) in [5, 5.41) is 5.46. The van der Waals surface area contributed by atoms with Crippen molar-refractivity contribution >= 4 is 32.7 Å². The van der Waals surface area contributed by atoms with Crippen molar-refractivity contribution in [1.29, 1.82) is 0 Å². The predicted molar refractivity (Wildman–Crippen MR) is 184 cm³/mol. The SMILES string of the molecule is CCCCCc1ccc2c3cc(-c4c(C)cccc4C)cc4c3c3n(c(-c5c(C)cccc5C)c[n+]3[c-](C)[c-]4CC)c2c1.[Li+]. The van der Waals surface area contributed by atoms with E-state index in [2.05, 4.69) is 130 Å². The minimum atomic E-state index is 0. The number of aryl methyl sites for hydroxylation is 7. The van der Waals surface area contributed by atoms with Crippen LogP contribution in [0, 0.1) is 34.6 Å². The van der Waals surface area contributed by atoms with Crippen molar-refractivity contribution in [3.63, 3.8) is 0 Å². The fraction of sp³-hybridized carbons (Fsp3) is 0.293. The van der Waals surface area contributed by atoms with E-state index in [1.165, 1.54) is 113 Å². The Labute approximate surface area is 274 Å². The Hall–Kier alpha value is -3.57. The van der Waals surface area contributed by atoms with E-state index in [4.69, 9.17) is 0 Å². The molecule has 0 aliphatic rings. The van der Waals surface area contributed by atoms with Crippen LogP contribution in [0.2, 0.25) is 0 Å². The van der Waals surface area contributed by atoms with Crippen molar-refractivity contribution in [2.24, 2.45) is 0 Å². The normalized spacial score (nSPS) is 11.8.